The van der Waals surface area contributed by atoms with Gasteiger partial charge in [-0.1, -0.05) is 18.2 Å². The largest absolute Gasteiger partial charge is 0.372 e. The van der Waals surface area contributed by atoms with E-state index in [1.165, 1.54) is 5.69 Å². The third-order valence-electron chi connectivity index (χ3n) is 4.68. The Hall–Kier alpha value is -3.34. The summed E-state index contributed by atoms with van der Waals surface area (Å²) < 4.78 is 0. The molecule has 5 nitrogen and oxygen atoms in total. The summed E-state index contributed by atoms with van der Waals surface area (Å²) in [5.41, 5.74) is 5.25. The molecule has 0 spiro atoms. The highest BCUT2D eigenvalue weighted by atomic mass is 16.1. The maximum atomic E-state index is 12.6. The number of aryl methyl sites for hydroxylation is 1. The number of hydrogen-bond acceptors (Lipinski definition) is 4. The van der Waals surface area contributed by atoms with Gasteiger partial charge in [-0.05, 0) is 62.7 Å². The Morgan fingerprint density at radius 2 is 1.68 bits per heavy atom. The zero-order valence-corrected chi connectivity index (χ0v) is 16.6. The number of rotatable bonds is 7. The number of carbonyl (C=O) groups excluding carboxylic acids is 1. The fourth-order valence-electron chi connectivity index (χ4n) is 3.05. The molecule has 2 aromatic carbocycles. The molecule has 5 heteroatoms. The second kappa shape index (κ2) is 9.04. The van der Waals surface area contributed by atoms with Gasteiger partial charge in [-0.15, -0.1) is 0 Å². The molecule has 28 heavy (non-hydrogen) atoms. The number of benzene rings is 2. The lowest BCUT2D eigenvalue weighted by Crippen LogP contribution is -2.21. The number of nitrogens with zero attached hydrogens (tertiary/aromatic N) is 2. The summed E-state index contributed by atoms with van der Waals surface area (Å²) >= 11 is 0. The highest BCUT2D eigenvalue weighted by Crippen LogP contribution is 2.22. The molecule has 0 saturated carbocycles. The van der Waals surface area contributed by atoms with E-state index >= 15 is 0 Å². The van der Waals surface area contributed by atoms with Crippen molar-refractivity contribution in [3.63, 3.8) is 0 Å². The summed E-state index contributed by atoms with van der Waals surface area (Å²) in [6, 6.07) is 17.8. The van der Waals surface area contributed by atoms with Gasteiger partial charge in [0.15, 0.2) is 0 Å². The quantitative estimate of drug-likeness (QED) is 0.594. The van der Waals surface area contributed by atoms with Crippen molar-refractivity contribution in [2.45, 2.75) is 20.8 Å². The summed E-state index contributed by atoms with van der Waals surface area (Å²) in [7, 11) is 0. The molecule has 0 aliphatic heterocycles. The average Bonchev–Trinajstić information content (AvgIpc) is 2.72. The topological polar surface area (TPSA) is 57.3 Å². The number of pyridine rings is 1. The first-order valence-corrected chi connectivity index (χ1v) is 9.54. The number of anilines is 4. The van der Waals surface area contributed by atoms with Crippen LogP contribution < -0.4 is 15.5 Å². The minimum Gasteiger partial charge on any atom is -0.372 e. The van der Waals surface area contributed by atoms with Crippen LogP contribution >= 0.6 is 0 Å². The van der Waals surface area contributed by atoms with E-state index in [1.54, 1.807) is 18.5 Å². The highest BCUT2D eigenvalue weighted by molar-refractivity contribution is 6.05. The van der Waals surface area contributed by atoms with E-state index in [9.17, 15) is 4.79 Å². The van der Waals surface area contributed by atoms with Crippen LogP contribution in [0, 0.1) is 6.92 Å². The third kappa shape index (κ3) is 4.68. The summed E-state index contributed by atoms with van der Waals surface area (Å²) in [4.78, 5) is 19.1. The monoisotopic (exact) mass is 374 g/mol. The van der Waals surface area contributed by atoms with Crippen molar-refractivity contribution < 1.29 is 4.79 Å². The van der Waals surface area contributed by atoms with Gasteiger partial charge in [0.1, 0.15) is 0 Å². The van der Waals surface area contributed by atoms with Gasteiger partial charge >= 0.3 is 0 Å². The first-order valence-electron chi connectivity index (χ1n) is 9.54. The van der Waals surface area contributed by atoms with Gasteiger partial charge in [0.05, 0.1) is 17.4 Å². The summed E-state index contributed by atoms with van der Waals surface area (Å²) in [6.45, 7) is 8.22. The van der Waals surface area contributed by atoms with E-state index in [4.69, 9.17) is 0 Å². The van der Waals surface area contributed by atoms with Crippen molar-refractivity contribution in [2.75, 3.05) is 28.6 Å². The van der Waals surface area contributed by atoms with E-state index in [-0.39, 0.29) is 5.91 Å². The molecule has 0 saturated heterocycles. The maximum Gasteiger partial charge on any atom is 0.257 e. The molecule has 0 fully saturated rings. The van der Waals surface area contributed by atoms with Crippen molar-refractivity contribution in [3.05, 3.63) is 78.1 Å². The molecular formula is C23H26N4O. The fraction of sp³-hybridized carbons (Fsp3) is 0.217. The van der Waals surface area contributed by atoms with Crippen molar-refractivity contribution in [1.29, 1.82) is 0 Å². The average molecular weight is 374 g/mol. The van der Waals surface area contributed by atoms with Crippen LogP contribution in [0.15, 0.2) is 67.0 Å². The number of aromatic nitrogens is 1. The standard InChI is InChI=1S/C23H26N4O/c1-4-27(5-2)21-12-10-19(11-13-21)25-20-14-18(15-24-16-20)23(28)26-22-9-7-6-8-17(22)3/h6-16,25H,4-5H2,1-3H3,(H,26,28). The second-order valence-corrected chi connectivity index (χ2v) is 6.58. The zero-order valence-electron chi connectivity index (χ0n) is 16.6. The van der Waals surface area contributed by atoms with Gasteiger partial charge in [-0.3, -0.25) is 9.78 Å². The van der Waals surface area contributed by atoms with Crippen LogP contribution in [-0.4, -0.2) is 24.0 Å². The van der Waals surface area contributed by atoms with E-state index < -0.39 is 0 Å². The summed E-state index contributed by atoms with van der Waals surface area (Å²) in [5, 5.41) is 6.25. The third-order valence-corrected chi connectivity index (χ3v) is 4.68. The van der Waals surface area contributed by atoms with E-state index in [1.807, 2.05) is 43.3 Å². The molecule has 0 atom stereocenters. The molecule has 0 aliphatic rings. The van der Waals surface area contributed by atoms with Gasteiger partial charge in [-0.2, -0.15) is 0 Å². The molecule has 0 unspecified atom stereocenters. The van der Waals surface area contributed by atoms with Crippen LogP contribution in [0.1, 0.15) is 29.8 Å². The lowest BCUT2D eigenvalue weighted by atomic mass is 10.2. The van der Waals surface area contributed by atoms with Crippen LogP contribution in [0.2, 0.25) is 0 Å². The predicted molar refractivity (Wildman–Crippen MR) is 117 cm³/mol. The van der Waals surface area contributed by atoms with Crippen LogP contribution in [0.3, 0.4) is 0 Å². The minimum absolute atomic E-state index is 0.178. The Morgan fingerprint density at radius 3 is 2.36 bits per heavy atom. The molecule has 0 bridgehead atoms. The first kappa shape index (κ1) is 19.4. The molecule has 1 heterocycles. The Morgan fingerprint density at radius 1 is 0.964 bits per heavy atom. The molecular weight excluding hydrogens is 348 g/mol. The smallest absolute Gasteiger partial charge is 0.257 e. The van der Waals surface area contributed by atoms with E-state index in [0.717, 1.165) is 35.7 Å². The van der Waals surface area contributed by atoms with Gasteiger partial charge in [-0.25, -0.2) is 0 Å². The normalized spacial score (nSPS) is 10.4. The maximum absolute atomic E-state index is 12.6. The Balaban J connectivity index is 1.71. The first-order chi connectivity index (χ1) is 13.6. The van der Waals surface area contributed by atoms with Crippen LogP contribution in [-0.2, 0) is 0 Å². The number of amides is 1. The molecule has 3 aromatic rings. The van der Waals surface area contributed by atoms with E-state index in [0.29, 0.717) is 5.56 Å². The lowest BCUT2D eigenvalue weighted by Gasteiger charge is -2.21. The van der Waals surface area contributed by atoms with Gasteiger partial charge in [0, 0.05) is 36.3 Å². The molecule has 1 aromatic heterocycles. The highest BCUT2D eigenvalue weighted by Gasteiger charge is 2.09. The van der Waals surface area contributed by atoms with Crippen LogP contribution in [0.4, 0.5) is 22.7 Å². The van der Waals surface area contributed by atoms with Crippen LogP contribution in [0.5, 0.6) is 0 Å². The molecule has 144 valence electrons. The molecule has 1 amide bonds. The Bertz CT molecular complexity index is 933. The number of para-hydroxylation sites is 1. The second-order valence-electron chi connectivity index (χ2n) is 6.58. The van der Waals surface area contributed by atoms with Crippen molar-refractivity contribution in [1.82, 2.24) is 4.98 Å². The molecule has 0 radical (unpaired) electrons. The molecule has 3 rings (SSSR count). The Labute approximate surface area is 166 Å². The van der Waals surface area contributed by atoms with E-state index in [2.05, 4.69) is 46.5 Å². The summed E-state index contributed by atoms with van der Waals surface area (Å²) in [6.07, 6.45) is 3.28. The number of hydrogen-bond donors (Lipinski definition) is 2. The zero-order chi connectivity index (χ0) is 19.9. The SMILES string of the molecule is CCN(CC)c1ccc(Nc2cncc(C(=O)Nc3ccccc3C)c2)cc1. The summed E-state index contributed by atoms with van der Waals surface area (Å²) in [5.74, 6) is -0.178. The van der Waals surface area contributed by atoms with Crippen molar-refractivity contribution >= 4 is 28.7 Å². The fourth-order valence-corrected chi connectivity index (χ4v) is 3.05. The van der Waals surface area contributed by atoms with Gasteiger partial charge in [0.25, 0.3) is 5.91 Å². The minimum atomic E-state index is -0.178. The molecule has 2 N–H and O–H groups in total. The van der Waals surface area contributed by atoms with Crippen LogP contribution in [0.25, 0.3) is 0 Å². The number of carbonyl (C=O) groups is 1. The van der Waals surface area contributed by atoms with Crippen molar-refractivity contribution in [3.8, 4) is 0 Å². The molecule has 0 aliphatic carbocycles. The van der Waals surface area contributed by atoms with Gasteiger partial charge in [0.2, 0.25) is 0 Å². The Kier molecular flexibility index (Phi) is 6.27. The lowest BCUT2D eigenvalue weighted by molar-refractivity contribution is 0.102. The predicted octanol–water partition coefficient (Wildman–Crippen LogP) is 5.23. The number of nitrogens with one attached hydrogen (secondary N) is 2. The van der Waals surface area contributed by atoms with Crippen molar-refractivity contribution in [2.24, 2.45) is 0 Å². The van der Waals surface area contributed by atoms with Gasteiger partial charge < -0.3 is 15.5 Å².